The van der Waals surface area contributed by atoms with Gasteiger partial charge in [0.05, 0.1) is 11.3 Å². The summed E-state index contributed by atoms with van der Waals surface area (Å²) in [6.45, 7) is 0. The Balaban J connectivity index is 2.50. The van der Waals surface area contributed by atoms with Crippen molar-refractivity contribution in [3.8, 4) is 0 Å². The summed E-state index contributed by atoms with van der Waals surface area (Å²) in [5.41, 5.74) is 1.03. The Morgan fingerprint density at radius 3 is 3.00 bits per heavy atom. The average Bonchev–Trinajstić information content (AvgIpc) is 2.13. The Hall–Kier alpha value is -1.77. The minimum atomic E-state index is -0.425. The molecule has 0 N–H and O–H groups in total. The highest BCUT2D eigenvalue weighted by Gasteiger charge is 2.25. The first-order chi connectivity index (χ1) is 6.79. The van der Waals surface area contributed by atoms with E-state index in [2.05, 4.69) is 4.99 Å². The van der Waals surface area contributed by atoms with E-state index in [1.54, 1.807) is 24.4 Å². The number of allylic oxidation sites excluding steroid dienone is 5. The minimum absolute atomic E-state index is 0.173. The third-order valence-electron chi connectivity index (χ3n) is 2.13. The Bertz CT molecular complexity index is 411. The minimum Gasteiger partial charge on any atom is -0.290 e. The van der Waals surface area contributed by atoms with Crippen LogP contribution in [0.2, 0.25) is 0 Å². The molecular formula is C11H9NO2. The maximum Gasteiger partial charge on any atom is 0.231 e. The number of nitrogens with zero attached hydrogens (tertiary/aromatic N) is 1. The van der Waals surface area contributed by atoms with Crippen LogP contribution in [0.4, 0.5) is 0 Å². The highest BCUT2D eigenvalue weighted by atomic mass is 16.2. The third kappa shape index (κ3) is 1.48. The van der Waals surface area contributed by atoms with Gasteiger partial charge in [-0.3, -0.25) is 14.6 Å². The van der Waals surface area contributed by atoms with E-state index in [9.17, 15) is 9.59 Å². The predicted octanol–water partition coefficient (Wildman–Crippen LogP) is 1.37. The number of carbonyl (C=O) groups excluding carboxylic acids is 2. The van der Waals surface area contributed by atoms with E-state index < -0.39 is 5.78 Å². The average molecular weight is 187 g/mol. The van der Waals surface area contributed by atoms with Crippen LogP contribution < -0.4 is 0 Å². The van der Waals surface area contributed by atoms with Crippen LogP contribution in [-0.4, -0.2) is 17.8 Å². The van der Waals surface area contributed by atoms with Crippen molar-refractivity contribution >= 4 is 17.8 Å². The number of fused-ring (bicyclic) bond motifs is 1. The fraction of sp³-hybridized carbons (Fsp3) is 0.182. The molecule has 70 valence electrons. The highest BCUT2D eigenvalue weighted by molar-refractivity contribution is 6.45. The van der Waals surface area contributed by atoms with E-state index in [4.69, 9.17) is 0 Å². The second kappa shape index (κ2) is 3.54. The zero-order chi connectivity index (χ0) is 9.97. The number of rotatable bonds is 0. The van der Waals surface area contributed by atoms with Gasteiger partial charge >= 0.3 is 0 Å². The zero-order valence-electron chi connectivity index (χ0n) is 7.56. The van der Waals surface area contributed by atoms with Crippen molar-refractivity contribution in [2.75, 3.05) is 0 Å². The number of hydrogen-bond donors (Lipinski definition) is 0. The number of carbonyl (C=O) groups is 2. The maximum atomic E-state index is 11.5. The van der Waals surface area contributed by atoms with Gasteiger partial charge in [-0.25, -0.2) is 0 Å². The molecule has 0 bridgehead atoms. The number of Topliss-reactive ketones (excluding diaryl/α,β-unsaturated/α-hetero) is 2. The first-order valence-corrected chi connectivity index (χ1v) is 4.46. The molecule has 3 nitrogen and oxygen atoms in total. The lowest BCUT2D eigenvalue weighted by Crippen LogP contribution is -2.20. The van der Waals surface area contributed by atoms with E-state index >= 15 is 0 Å². The van der Waals surface area contributed by atoms with Crippen LogP contribution in [0.15, 0.2) is 40.6 Å². The van der Waals surface area contributed by atoms with E-state index in [0.717, 1.165) is 6.42 Å². The molecule has 1 aliphatic carbocycles. The fourth-order valence-corrected chi connectivity index (χ4v) is 1.40. The van der Waals surface area contributed by atoms with E-state index in [0.29, 0.717) is 11.3 Å². The van der Waals surface area contributed by atoms with Crippen molar-refractivity contribution < 1.29 is 9.59 Å². The van der Waals surface area contributed by atoms with Gasteiger partial charge in [0.25, 0.3) is 0 Å². The van der Waals surface area contributed by atoms with Crippen LogP contribution in [0.5, 0.6) is 0 Å². The van der Waals surface area contributed by atoms with Crippen molar-refractivity contribution in [2.45, 2.75) is 12.8 Å². The lowest BCUT2D eigenvalue weighted by Gasteiger charge is -2.11. The van der Waals surface area contributed by atoms with Gasteiger partial charge in [0, 0.05) is 19.1 Å². The second-order valence-electron chi connectivity index (χ2n) is 3.10. The normalized spacial score (nSPS) is 20.9. The van der Waals surface area contributed by atoms with Crippen LogP contribution >= 0.6 is 0 Å². The molecule has 0 aromatic rings. The highest BCUT2D eigenvalue weighted by Crippen LogP contribution is 2.21. The maximum absolute atomic E-state index is 11.5. The van der Waals surface area contributed by atoms with Crippen LogP contribution in [-0.2, 0) is 9.59 Å². The molecule has 0 spiro atoms. The molecule has 0 atom stereocenters. The summed E-state index contributed by atoms with van der Waals surface area (Å²) in [5.74, 6) is -0.782. The lowest BCUT2D eigenvalue weighted by atomic mass is 9.95. The van der Waals surface area contributed by atoms with Gasteiger partial charge in [0.1, 0.15) is 0 Å². The summed E-state index contributed by atoms with van der Waals surface area (Å²) in [6.07, 6.45) is 9.69. The van der Waals surface area contributed by atoms with Crippen molar-refractivity contribution in [1.82, 2.24) is 0 Å². The monoisotopic (exact) mass is 187 g/mol. The van der Waals surface area contributed by atoms with E-state index in [1.807, 2.05) is 6.08 Å². The molecule has 0 radical (unpaired) electrons. The topological polar surface area (TPSA) is 46.5 Å². The fourth-order valence-electron chi connectivity index (χ4n) is 1.40. The van der Waals surface area contributed by atoms with Gasteiger partial charge in [-0.2, -0.15) is 0 Å². The standard InChI is InChI=1S/C11H9NO2/c13-10-6-5-9-8(11(10)14)4-2-1-3-7-12-9/h1-2,4-5,7H,3,6H2. The molecule has 0 saturated heterocycles. The zero-order valence-corrected chi connectivity index (χ0v) is 7.56. The molecule has 1 heterocycles. The molecule has 0 saturated carbocycles. The van der Waals surface area contributed by atoms with Gasteiger partial charge in [0.2, 0.25) is 11.6 Å². The molecule has 2 aliphatic rings. The Kier molecular flexibility index (Phi) is 2.23. The summed E-state index contributed by atoms with van der Waals surface area (Å²) < 4.78 is 0. The van der Waals surface area contributed by atoms with Crippen LogP contribution in [0, 0.1) is 0 Å². The summed E-state index contributed by atoms with van der Waals surface area (Å²) in [5, 5.41) is 0. The molecule has 2 rings (SSSR count). The summed E-state index contributed by atoms with van der Waals surface area (Å²) >= 11 is 0. The smallest absolute Gasteiger partial charge is 0.231 e. The second-order valence-corrected chi connectivity index (χ2v) is 3.10. The van der Waals surface area contributed by atoms with E-state index in [1.165, 1.54) is 0 Å². The summed E-state index contributed by atoms with van der Waals surface area (Å²) in [7, 11) is 0. The molecule has 0 aromatic heterocycles. The molecule has 0 amide bonds. The van der Waals surface area contributed by atoms with Gasteiger partial charge < -0.3 is 0 Å². The SMILES string of the molecule is O=C1CC=C2N=CCC=CC=C2C1=O. The quantitative estimate of drug-likeness (QED) is 0.538. The number of aliphatic imine (C=N–C) groups is 1. The predicted molar refractivity (Wildman–Crippen MR) is 53.0 cm³/mol. The van der Waals surface area contributed by atoms with Crippen molar-refractivity contribution in [1.29, 1.82) is 0 Å². The van der Waals surface area contributed by atoms with Crippen LogP contribution in [0.25, 0.3) is 0 Å². The van der Waals surface area contributed by atoms with E-state index in [-0.39, 0.29) is 12.2 Å². The molecule has 0 unspecified atom stereocenters. The first kappa shape index (κ1) is 8.81. The lowest BCUT2D eigenvalue weighted by molar-refractivity contribution is -0.134. The van der Waals surface area contributed by atoms with Crippen LogP contribution in [0.3, 0.4) is 0 Å². The first-order valence-electron chi connectivity index (χ1n) is 4.46. The molecule has 3 heteroatoms. The Morgan fingerprint density at radius 2 is 2.14 bits per heavy atom. The van der Waals surface area contributed by atoms with Gasteiger partial charge in [-0.15, -0.1) is 0 Å². The van der Waals surface area contributed by atoms with Gasteiger partial charge in [-0.1, -0.05) is 18.2 Å². The Morgan fingerprint density at radius 1 is 1.29 bits per heavy atom. The van der Waals surface area contributed by atoms with Gasteiger partial charge in [0.15, 0.2) is 0 Å². The molecule has 0 aromatic carbocycles. The van der Waals surface area contributed by atoms with Crippen molar-refractivity contribution in [3.05, 3.63) is 35.6 Å². The third-order valence-corrected chi connectivity index (χ3v) is 2.13. The molecular weight excluding hydrogens is 178 g/mol. The Labute approximate surface area is 81.5 Å². The molecule has 1 aliphatic heterocycles. The largest absolute Gasteiger partial charge is 0.290 e. The number of ketones is 2. The van der Waals surface area contributed by atoms with Crippen molar-refractivity contribution in [3.63, 3.8) is 0 Å². The summed E-state index contributed by atoms with van der Waals surface area (Å²) in [4.78, 5) is 26.7. The molecule has 14 heavy (non-hydrogen) atoms. The van der Waals surface area contributed by atoms with Crippen molar-refractivity contribution in [2.24, 2.45) is 4.99 Å². The molecule has 0 fully saturated rings. The van der Waals surface area contributed by atoms with Gasteiger partial charge in [-0.05, 0) is 6.08 Å². The summed E-state index contributed by atoms with van der Waals surface area (Å²) in [6, 6.07) is 0. The van der Waals surface area contributed by atoms with Crippen LogP contribution in [0.1, 0.15) is 12.8 Å². The number of hydrogen-bond acceptors (Lipinski definition) is 3.